The summed E-state index contributed by atoms with van der Waals surface area (Å²) in [6, 6.07) is 2.60. The molecular weight excluding hydrogens is 190 g/mol. The van der Waals surface area contributed by atoms with Crippen molar-refractivity contribution in [1.29, 1.82) is 0 Å². The second-order valence-corrected chi connectivity index (χ2v) is 4.71. The van der Waals surface area contributed by atoms with Gasteiger partial charge in [-0.1, -0.05) is 26.2 Å². The van der Waals surface area contributed by atoms with E-state index in [0.717, 1.165) is 12.8 Å². The molecule has 0 bridgehead atoms. The summed E-state index contributed by atoms with van der Waals surface area (Å²) in [6.07, 6.45) is 7.39. The molecule has 0 amide bonds. The molecule has 80 valence electrons. The van der Waals surface area contributed by atoms with Crippen molar-refractivity contribution in [3.8, 4) is 0 Å². The zero-order chi connectivity index (χ0) is 10.2. The number of aryl methyl sites for hydroxylation is 1. The average Bonchev–Trinajstić information content (AvgIpc) is 2.68. The van der Waals surface area contributed by atoms with Crippen LogP contribution in [0.2, 0.25) is 0 Å². The van der Waals surface area contributed by atoms with E-state index < -0.39 is 0 Å². The Bertz CT molecular complexity index is 218. The monoisotopic (exact) mass is 211 g/mol. The van der Waals surface area contributed by atoms with Crippen molar-refractivity contribution in [3.05, 3.63) is 22.4 Å². The highest BCUT2D eigenvalue weighted by molar-refractivity contribution is 7.07. The number of rotatable bonds is 7. The minimum absolute atomic E-state index is 0.404. The smallest absolute Gasteiger partial charge is 0.00419 e. The molecule has 0 saturated heterocycles. The summed E-state index contributed by atoms with van der Waals surface area (Å²) in [5.74, 6) is 0. The van der Waals surface area contributed by atoms with Gasteiger partial charge in [-0.25, -0.2) is 0 Å². The van der Waals surface area contributed by atoms with Gasteiger partial charge in [0.05, 0.1) is 0 Å². The molecule has 14 heavy (non-hydrogen) atoms. The topological polar surface area (TPSA) is 26.0 Å². The fourth-order valence-corrected chi connectivity index (χ4v) is 2.29. The lowest BCUT2D eigenvalue weighted by Crippen LogP contribution is -2.20. The molecule has 2 N–H and O–H groups in total. The van der Waals surface area contributed by atoms with Gasteiger partial charge in [0.15, 0.2) is 0 Å². The van der Waals surface area contributed by atoms with Gasteiger partial charge < -0.3 is 5.73 Å². The van der Waals surface area contributed by atoms with E-state index in [1.807, 2.05) is 0 Å². The maximum atomic E-state index is 6.03. The summed E-state index contributed by atoms with van der Waals surface area (Å²) < 4.78 is 0. The SMILES string of the molecule is CCCCCC(N)CCc1ccsc1. The quantitative estimate of drug-likeness (QED) is 0.685. The predicted molar refractivity (Wildman–Crippen MR) is 64.8 cm³/mol. The predicted octanol–water partition coefficient (Wildman–Crippen LogP) is 3.59. The van der Waals surface area contributed by atoms with Crippen molar-refractivity contribution in [3.63, 3.8) is 0 Å². The van der Waals surface area contributed by atoms with E-state index in [9.17, 15) is 0 Å². The summed E-state index contributed by atoms with van der Waals surface area (Å²) in [7, 11) is 0. The third kappa shape index (κ3) is 4.77. The van der Waals surface area contributed by atoms with Crippen LogP contribution in [0.5, 0.6) is 0 Å². The summed E-state index contributed by atoms with van der Waals surface area (Å²) in [5.41, 5.74) is 7.48. The summed E-state index contributed by atoms with van der Waals surface area (Å²) in [6.45, 7) is 2.23. The molecular formula is C12H21NS. The summed E-state index contributed by atoms with van der Waals surface area (Å²) in [4.78, 5) is 0. The Morgan fingerprint density at radius 1 is 1.36 bits per heavy atom. The number of thiophene rings is 1. The van der Waals surface area contributed by atoms with Crippen molar-refractivity contribution < 1.29 is 0 Å². The first kappa shape index (κ1) is 11.7. The van der Waals surface area contributed by atoms with Crippen LogP contribution in [0.4, 0.5) is 0 Å². The molecule has 0 saturated carbocycles. The third-order valence-electron chi connectivity index (χ3n) is 2.56. The van der Waals surface area contributed by atoms with Crippen molar-refractivity contribution in [2.75, 3.05) is 0 Å². The van der Waals surface area contributed by atoms with E-state index in [2.05, 4.69) is 23.8 Å². The molecule has 1 atom stereocenters. The Morgan fingerprint density at radius 2 is 2.21 bits per heavy atom. The van der Waals surface area contributed by atoms with Gasteiger partial charge in [0.25, 0.3) is 0 Å². The van der Waals surface area contributed by atoms with Gasteiger partial charge in [0.1, 0.15) is 0 Å². The lowest BCUT2D eigenvalue weighted by Gasteiger charge is -2.09. The Hall–Kier alpha value is -0.340. The van der Waals surface area contributed by atoms with Gasteiger partial charge in [-0.15, -0.1) is 0 Å². The van der Waals surface area contributed by atoms with E-state index in [1.54, 1.807) is 11.3 Å². The largest absolute Gasteiger partial charge is 0.328 e. The maximum Gasteiger partial charge on any atom is 0.00419 e. The van der Waals surface area contributed by atoms with E-state index in [-0.39, 0.29) is 0 Å². The normalized spacial score (nSPS) is 13.0. The second-order valence-electron chi connectivity index (χ2n) is 3.93. The van der Waals surface area contributed by atoms with Crippen LogP contribution < -0.4 is 5.73 Å². The minimum atomic E-state index is 0.404. The Balaban J connectivity index is 2.06. The fourth-order valence-electron chi connectivity index (χ4n) is 1.59. The van der Waals surface area contributed by atoms with Crippen molar-refractivity contribution in [1.82, 2.24) is 0 Å². The van der Waals surface area contributed by atoms with Gasteiger partial charge in [0, 0.05) is 6.04 Å². The minimum Gasteiger partial charge on any atom is -0.328 e. The van der Waals surface area contributed by atoms with Crippen LogP contribution in [0.25, 0.3) is 0 Å². The molecule has 2 heteroatoms. The van der Waals surface area contributed by atoms with Gasteiger partial charge in [-0.05, 0) is 41.7 Å². The molecule has 1 unspecified atom stereocenters. The number of nitrogens with two attached hydrogens (primary N) is 1. The van der Waals surface area contributed by atoms with Crippen LogP contribution in [0.3, 0.4) is 0 Å². The highest BCUT2D eigenvalue weighted by atomic mass is 32.1. The van der Waals surface area contributed by atoms with E-state index in [4.69, 9.17) is 5.73 Å². The third-order valence-corrected chi connectivity index (χ3v) is 3.29. The lowest BCUT2D eigenvalue weighted by molar-refractivity contribution is 0.529. The Kier molecular flexibility index (Phi) is 5.88. The zero-order valence-electron chi connectivity index (χ0n) is 9.04. The molecule has 0 aliphatic heterocycles. The first-order valence-electron chi connectivity index (χ1n) is 5.59. The molecule has 1 rings (SSSR count). The van der Waals surface area contributed by atoms with Crippen molar-refractivity contribution >= 4 is 11.3 Å². The number of hydrogen-bond donors (Lipinski definition) is 1. The fraction of sp³-hybridized carbons (Fsp3) is 0.667. The first-order valence-corrected chi connectivity index (χ1v) is 6.54. The molecule has 0 aliphatic rings. The van der Waals surface area contributed by atoms with Crippen LogP contribution in [0.15, 0.2) is 16.8 Å². The van der Waals surface area contributed by atoms with Gasteiger partial charge >= 0.3 is 0 Å². The molecule has 0 spiro atoms. The summed E-state index contributed by atoms with van der Waals surface area (Å²) in [5, 5.41) is 4.36. The van der Waals surface area contributed by atoms with Crippen LogP contribution >= 0.6 is 11.3 Å². The Labute approximate surface area is 91.3 Å². The van der Waals surface area contributed by atoms with Gasteiger partial charge in [-0.2, -0.15) is 11.3 Å². The molecule has 1 heterocycles. The van der Waals surface area contributed by atoms with E-state index >= 15 is 0 Å². The van der Waals surface area contributed by atoms with Crippen molar-refractivity contribution in [2.24, 2.45) is 5.73 Å². The highest BCUT2D eigenvalue weighted by Gasteiger charge is 2.02. The van der Waals surface area contributed by atoms with Crippen LogP contribution in [-0.2, 0) is 6.42 Å². The van der Waals surface area contributed by atoms with Crippen molar-refractivity contribution in [2.45, 2.75) is 51.5 Å². The molecule has 0 aliphatic carbocycles. The molecule has 1 aromatic rings. The first-order chi connectivity index (χ1) is 6.83. The van der Waals surface area contributed by atoms with E-state index in [0.29, 0.717) is 6.04 Å². The molecule has 1 nitrogen and oxygen atoms in total. The molecule has 0 fully saturated rings. The number of unbranched alkanes of at least 4 members (excludes halogenated alkanes) is 2. The summed E-state index contributed by atoms with van der Waals surface area (Å²) >= 11 is 1.77. The standard InChI is InChI=1S/C12H21NS/c1-2-3-4-5-12(13)7-6-11-8-9-14-10-11/h8-10,12H,2-7,13H2,1H3. The molecule has 1 aromatic heterocycles. The highest BCUT2D eigenvalue weighted by Crippen LogP contribution is 2.11. The number of hydrogen-bond acceptors (Lipinski definition) is 2. The van der Waals surface area contributed by atoms with Gasteiger partial charge in [-0.3, -0.25) is 0 Å². The van der Waals surface area contributed by atoms with Gasteiger partial charge in [0.2, 0.25) is 0 Å². The van der Waals surface area contributed by atoms with Crippen LogP contribution in [0.1, 0.15) is 44.6 Å². The molecule has 0 radical (unpaired) electrons. The molecule has 0 aromatic carbocycles. The lowest BCUT2D eigenvalue weighted by atomic mass is 10.0. The Morgan fingerprint density at radius 3 is 2.86 bits per heavy atom. The average molecular weight is 211 g/mol. The van der Waals surface area contributed by atoms with Crippen LogP contribution in [0, 0.1) is 0 Å². The zero-order valence-corrected chi connectivity index (χ0v) is 9.85. The van der Waals surface area contributed by atoms with E-state index in [1.165, 1.54) is 31.2 Å². The van der Waals surface area contributed by atoms with Crippen LogP contribution in [-0.4, -0.2) is 6.04 Å². The second kappa shape index (κ2) is 7.02. The maximum absolute atomic E-state index is 6.03.